The van der Waals surface area contributed by atoms with Gasteiger partial charge in [0.15, 0.2) is 0 Å². The van der Waals surface area contributed by atoms with E-state index in [-0.39, 0.29) is 0 Å². The first kappa shape index (κ1) is 13.0. The van der Waals surface area contributed by atoms with Gasteiger partial charge in [0.25, 0.3) is 0 Å². The summed E-state index contributed by atoms with van der Waals surface area (Å²) < 4.78 is 0. The van der Waals surface area contributed by atoms with E-state index in [4.69, 9.17) is 0 Å². The normalized spacial score (nSPS) is 22.4. The lowest BCUT2D eigenvalue weighted by Gasteiger charge is -2.41. The number of hydrogen-bond donors (Lipinski definition) is 0. The molecule has 80 valence electrons. The van der Waals surface area contributed by atoms with Gasteiger partial charge in [0, 0.05) is 0 Å². The molecule has 0 aromatic rings. The molecule has 1 saturated heterocycles. The molecule has 1 aliphatic heterocycles. The topological polar surface area (TPSA) is 3.24 Å². The summed E-state index contributed by atoms with van der Waals surface area (Å²) in [6.45, 7) is 13.7. The summed E-state index contributed by atoms with van der Waals surface area (Å²) in [5.41, 5.74) is 0.618. The van der Waals surface area contributed by atoms with Gasteiger partial charge in [0.05, 0.1) is 0 Å². The molecule has 0 aliphatic carbocycles. The SMILES string of the molecule is CC.CC(C)C1(C)CCN(C)CC1. The van der Waals surface area contributed by atoms with Gasteiger partial charge >= 0.3 is 0 Å². The van der Waals surface area contributed by atoms with Gasteiger partial charge in [-0.25, -0.2) is 0 Å². The Morgan fingerprint density at radius 2 is 1.46 bits per heavy atom. The Bertz CT molecular complexity index is 121. The fraction of sp³-hybridized carbons (Fsp3) is 1.00. The molecule has 1 aliphatic rings. The maximum Gasteiger partial charge on any atom is -0.00165 e. The summed E-state index contributed by atoms with van der Waals surface area (Å²) in [5.74, 6) is 0.844. The Hall–Kier alpha value is -0.0400. The Morgan fingerprint density at radius 3 is 1.77 bits per heavy atom. The first-order valence-electron chi connectivity index (χ1n) is 5.73. The molecule has 0 spiro atoms. The molecule has 0 aromatic heterocycles. The van der Waals surface area contributed by atoms with Crippen LogP contribution in [0.25, 0.3) is 0 Å². The van der Waals surface area contributed by atoms with Crippen LogP contribution in [0.1, 0.15) is 47.5 Å². The highest BCUT2D eigenvalue weighted by molar-refractivity contribution is 4.83. The molecule has 0 saturated carbocycles. The van der Waals surface area contributed by atoms with Gasteiger partial charge in [-0.1, -0.05) is 34.6 Å². The van der Waals surface area contributed by atoms with E-state index in [0.717, 1.165) is 5.92 Å². The van der Waals surface area contributed by atoms with Crippen molar-refractivity contribution in [3.05, 3.63) is 0 Å². The van der Waals surface area contributed by atoms with Crippen molar-refractivity contribution in [1.82, 2.24) is 4.90 Å². The van der Waals surface area contributed by atoms with E-state index in [9.17, 15) is 0 Å². The van der Waals surface area contributed by atoms with Crippen molar-refractivity contribution in [3.63, 3.8) is 0 Å². The molecule has 1 rings (SSSR count). The number of hydrogen-bond acceptors (Lipinski definition) is 1. The van der Waals surface area contributed by atoms with Crippen LogP contribution < -0.4 is 0 Å². The summed E-state index contributed by atoms with van der Waals surface area (Å²) in [5, 5.41) is 0. The zero-order valence-electron chi connectivity index (χ0n) is 10.4. The molecule has 0 N–H and O–H groups in total. The fourth-order valence-electron chi connectivity index (χ4n) is 1.71. The summed E-state index contributed by atoms with van der Waals surface area (Å²) in [4.78, 5) is 2.43. The molecule has 1 heteroatoms. The molecule has 13 heavy (non-hydrogen) atoms. The van der Waals surface area contributed by atoms with Crippen molar-refractivity contribution in [2.75, 3.05) is 20.1 Å². The number of likely N-dealkylation sites (tertiary alicyclic amines) is 1. The molecule has 0 bridgehead atoms. The highest BCUT2D eigenvalue weighted by atomic mass is 15.1. The molecule has 1 nitrogen and oxygen atoms in total. The van der Waals surface area contributed by atoms with Gasteiger partial charge in [-0.05, 0) is 44.3 Å². The molecular formula is C12H27N. The van der Waals surface area contributed by atoms with E-state index in [0.29, 0.717) is 5.41 Å². The van der Waals surface area contributed by atoms with E-state index < -0.39 is 0 Å². The maximum absolute atomic E-state index is 2.44. The minimum atomic E-state index is 0.618. The third kappa shape index (κ3) is 3.68. The lowest BCUT2D eigenvalue weighted by Crippen LogP contribution is -2.38. The Kier molecular flexibility index (Phi) is 5.62. The second-order valence-corrected chi connectivity index (χ2v) is 4.61. The Balaban J connectivity index is 0.000000671. The average Bonchev–Trinajstić information content (AvgIpc) is 2.14. The molecule has 0 amide bonds. The Morgan fingerprint density at radius 1 is 1.08 bits per heavy atom. The molecule has 1 heterocycles. The highest BCUT2D eigenvalue weighted by Crippen LogP contribution is 2.37. The van der Waals surface area contributed by atoms with Gasteiger partial charge < -0.3 is 4.90 Å². The predicted octanol–water partition coefficient (Wildman–Crippen LogP) is 3.40. The molecule has 0 unspecified atom stereocenters. The van der Waals surface area contributed by atoms with Crippen molar-refractivity contribution in [3.8, 4) is 0 Å². The standard InChI is InChI=1S/C10H21N.C2H6/c1-9(2)10(3)5-7-11(4)8-6-10;1-2/h9H,5-8H2,1-4H3;1-2H3. The van der Waals surface area contributed by atoms with Crippen LogP contribution in [0.4, 0.5) is 0 Å². The monoisotopic (exact) mass is 185 g/mol. The average molecular weight is 185 g/mol. The van der Waals surface area contributed by atoms with Crippen molar-refractivity contribution in [2.45, 2.75) is 47.5 Å². The number of rotatable bonds is 1. The third-order valence-corrected chi connectivity index (χ3v) is 3.52. The van der Waals surface area contributed by atoms with Crippen LogP contribution in [-0.2, 0) is 0 Å². The summed E-state index contributed by atoms with van der Waals surface area (Å²) in [6.07, 6.45) is 2.75. The van der Waals surface area contributed by atoms with Crippen LogP contribution in [0, 0.1) is 11.3 Å². The Labute approximate surface area is 84.5 Å². The lowest BCUT2D eigenvalue weighted by atomic mass is 9.72. The molecule has 0 atom stereocenters. The van der Waals surface area contributed by atoms with Crippen molar-refractivity contribution in [1.29, 1.82) is 0 Å². The van der Waals surface area contributed by atoms with Crippen LogP contribution >= 0.6 is 0 Å². The van der Waals surface area contributed by atoms with Gasteiger partial charge in [-0.3, -0.25) is 0 Å². The zero-order valence-corrected chi connectivity index (χ0v) is 10.4. The van der Waals surface area contributed by atoms with E-state index >= 15 is 0 Å². The van der Waals surface area contributed by atoms with Gasteiger partial charge in [-0.15, -0.1) is 0 Å². The molecule has 0 aromatic carbocycles. The van der Waals surface area contributed by atoms with Gasteiger partial charge in [-0.2, -0.15) is 0 Å². The lowest BCUT2D eigenvalue weighted by molar-refractivity contribution is 0.0929. The van der Waals surface area contributed by atoms with Gasteiger partial charge in [0.2, 0.25) is 0 Å². The van der Waals surface area contributed by atoms with Crippen molar-refractivity contribution >= 4 is 0 Å². The molecule has 1 fully saturated rings. The third-order valence-electron chi connectivity index (χ3n) is 3.52. The largest absolute Gasteiger partial charge is 0.306 e. The quantitative estimate of drug-likeness (QED) is 0.605. The van der Waals surface area contributed by atoms with E-state index in [1.807, 2.05) is 13.8 Å². The van der Waals surface area contributed by atoms with Crippen molar-refractivity contribution in [2.24, 2.45) is 11.3 Å². The predicted molar refractivity (Wildman–Crippen MR) is 61.0 cm³/mol. The van der Waals surface area contributed by atoms with E-state index in [2.05, 4.69) is 32.7 Å². The van der Waals surface area contributed by atoms with Crippen LogP contribution in [0.15, 0.2) is 0 Å². The van der Waals surface area contributed by atoms with E-state index in [1.165, 1.54) is 25.9 Å². The molecule has 0 radical (unpaired) electrons. The van der Waals surface area contributed by atoms with E-state index in [1.54, 1.807) is 0 Å². The van der Waals surface area contributed by atoms with Crippen LogP contribution in [-0.4, -0.2) is 25.0 Å². The minimum absolute atomic E-state index is 0.618. The first-order chi connectivity index (χ1) is 6.04. The zero-order chi connectivity index (χ0) is 10.5. The van der Waals surface area contributed by atoms with Crippen LogP contribution in [0.2, 0.25) is 0 Å². The van der Waals surface area contributed by atoms with Crippen molar-refractivity contribution < 1.29 is 0 Å². The summed E-state index contributed by atoms with van der Waals surface area (Å²) >= 11 is 0. The second kappa shape index (κ2) is 5.64. The minimum Gasteiger partial charge on any atom is -0.306 e. The fourth-order valence-corrected chi connectivity index (χ4v) is 1.71. The number of piperidine rings is 1. The summed E-state index contributed by atoms with van der Waals surface area (Å²) in [6, 6.07) is 0. The second-order valence-electron chi connectivity index (χ2n) is 4.61. The first-order valence-corrected chi connectivity index (χ1v) is 5.73. The maximum atomic E-state index is 2.44. The molecular weight excluding hydrogens is 158 g/mol. The van der Waals surface area contributed by atoms with Gasteiger partial charge in [0.1, 0.15) is 0 Å². The summed E-state index contributed by atoms with van der Waals surface area (Å²) in [7, 11) is 2.22. The number of nitrogens with zero attached hydrogens (tertiary/aromatic N) is 1. The van der Waals surface area contributed by atoms with Crippen LogP contribution in [0.5, 0.6) is 0 Å². The smallest absolute Gasteiger partial charge is 0.00165 e. The van der Waals surface area contributed by atoms with Crippen LogP contribution in [0.3, 0.4) is 0 Å². The highest BCUT2D eigenvalue weighted by Gasteiger charge is 2.31.